The number of rotatable bonds is 7. The van der Waals surface area contributed by atoms with E-state index >= 15 is 0 Å². The van der Waals surface area contributed by atoms with Crippen LogP contribution in [0.2, 0.25) is 0 Å². The van der Waals surface area contributed by atoms with Crippen LogP contribution in [0.5, 0.6) is 11.5 Å². The smallest absolute Gasteiger partial charge is 0.275 e. The number of nitrogens with zero attached hydrogens (tertiary/aromatic N) is 1. The van der Waals surface area contributed by atoms with Crippen molar-refractivity contribution in [2.24, 2.45) is 0 Å². The molecular formula is C24H19FN2O3S. The summed E-state index contributed by atoms with van der Waals surface area (Å²) >= 11 is 1.38. The fraction of sp³-hybridized carbons (Fsp3) is 0.0833. The van der Waals surface area contributed by atoms with Crippen LogP contribution in [0.1, 0.15) is 16.1 Å². The molecule has 0 fully saturated rings. The second-order valence-electron chi connectivity index (χ2n) is 6.62. The van der Waals surface area contributed by atoms with Crippen molar-refractivity contribution >= 4 is 22.9 Å². The monoisotopic (exact) mass is 434 g/mol. The molecule has 5 nitrogen and oxygen atoms in total. The van der Waals surface area contributed by atoms with E-state index in [4.69, 9.17) is 9.47 Å². The van der Waals surface area contributed by atoms with E-state index in [2.05, 4.69) is 10.3 Å². The van der Waals surface area contributed by atoms with Crippen molar-refractivity contribution in [1.82, 2.24) is 4.98 Å². The second-order valence-corrected chi connectivity index (χ2v) is 7.48. The van der Waals surface area contributed by atoms with Gasteiger partial charge in [0.2, 0.25) is 0 Å². The van der Waals surface area contributed by atoms with E-state index in [9.17, 15) is 9.18 Å². The number of amides is 1. The highest BCUT2D eigenvalue weighted by molar-refractivity contribution is 7.13. The summed E-state index contributed by atoms with van der Waals surface area (Å²) in [5.41, 5.74) is 2.37. The Labute approximate surface area is 183 Å². The molecule has 4 rings (SSSR count). The molecule has 1 heterocycles. The predicted molar refractivity (Wildman–Crippen MR) is 119 cm³/mol. The lowest BCUT2D eigenvalue weighted by atomic mass is 10.2. The van der Waals surface area contributed by atoms with Crippen molar-refractivity contribution in [3.8, 4) is 22.1 Å². The van der Waals surface area contributed by atoms with Gasteiger partial charge in [0.1, 0.15) is 34.6 Å². The molecule has 7 heteroatoms. The molecule has 0 aliphatic heterocycles. The van der Waals surface area contributed by atoms with Crippen LogP contribution < -0.4 is 14.8 Å². The van der Waals surface area contributed by atoms with E-state index < -0.39 is 0 Å². The highest BCUT2D eigenvalue weighted by atomic mass is 32.1. The first kappa shape index (κ1) is 20.6. The van der Waals surface area contributed by atoms with Crippen LogP contribution in [0, 0.1) is 5.82 Å². The quantitative estimate of drug-likeness (QED) is 0.400. The van der Waals surface area contributed by atoms with Crippen LogP contribution in [0.25, 0.3) is 10.6 Å². The first-order chi connectivity index (χ1) is 15.1. The Morgan fingerprint density at radius 3 is 2.42 bits per heavy atom. The minimum Gasteiger partial charge on any atom is -0.497 e. The molecule has 0 aliphatic carbocycles. The fourth-order valence-corrected chi connectivity index (χ4v) is 3.66. The number of halogens is 1. The van der Waals surface area contributed by atoms with E-state index in [1.807, 2.05) is 12.1 Å². The van der Waals surface area contributed by atoms with Crippen LogP contribution in [0.4, 0.5) is 10.1 Å². The lowest BCUT2D eigenvalue weighted by Gasteiger charge is -2.07. The van der Waals surface area contributed by atoms with Crippen molar-refractivity contribution in [3.05, 3.63) is 95.3 Å². The molecule has 156 valence electrons. The normalized spacial score (nSPS) is 10.5. The number of methoxy groups -OCH3 is 1. The highest BCUT2D eigenvalue weighted by Crippen LogP contribution is 2.27. The van der Waals surface area contributed by atoms with Crippen LogP contribution in [0.15, 0.2) is 78.2 Å². The Morgan fingerprint density at radius 2 is 1.71 bits per heavy atom. The number of hydrogen-bond acceptors (Lipinski definition) is 5. The third-order valence-corrected chi connectivity index (χ3v) is 5.43. The second kappa shape index (κ2) is 9.40. The zero-order chi connectivity index (χ0) is 21.6. The molecule has 1 N–H and O–H groups in total. The largest absolute Gasteiger partial charge is 0.497 e. The van der Waals surface area contributed by atoms with Gasteiger partial charge in [-0.3, -0.25) is 4.79 Å². The first-order valence-corrected chi connectivity index (χ1v) is 10.4. The summed E-state index contributed by atoms with van der Waals surface area (Å²) in [7, 11) is 1.59. The topological polar surface area (TPSA) is 60.5 Å². The van der Waals surface area contributed by atoms with Gasteiger partial charge >= 0.3 is 0 Å². The van der Waals surface area contributed by atoms with Crippen LogP contribution >= 0.6 is 11.3 Å². The van der Waals surface area contributed by atoms with E-state index in [0.29, 0.717) is 22.7 Å². The Hall–Kier alpha value is -3.71. The third-order valence-electron chi connectivity index (χ3n) is 4.54. The highest BCUT2D eigenvalue weighted by Gasteiger charge is 2.12. The zero-order valence-corrected chi connectivity index (χ0v) is 17.5. The van der Waals surface area contributed by atoms with Crippen molar-refractivity contribution in [2.45, 2.75) is 6.61 Å². The van der Waals surface area contributed by atoms with E-state index in [1.165, 1.54) is 17.4 Å². The number of thiazole rings is 1. The molecule has 3 aromatic carbocycles. The van der Waals surface area contributed by atoms with Gasteiger partial charge in [-0.15, -0.1) is 11.3 Å². The van der Waals surface area contributed by atoms with Crippen LogP contribution in [-0.4, -0.2) is 18.0 Å². The lowest BCUT2D eigenvalue weighted by Crippen LogP contribution is -2.12. The number of benzene rings is 3. The molecule has 0 spiro atoms. The summed E-state index contributed by atoms with van der Waals surface area (Å²) in [5, 5.41) is 5.26. The van der Waals surface area contributed by atoms with Crippen molar-refractivity contribution < 1.29 is 18.7 Å². The van der Waals surface area contributed by atoms with Crippen LogP contribution in [0.3, 0.4) is 0 Å². The number of aromatic nitrogens is 1. The van der Waals surface area contributed by atoms with E-state index in [-0.39, 0.29) is 18.3 Å². The molecule has 31 heavy (non-hydrogen) atoms. The summed E-state index contributed by atoms with van der Waals surface area (Å²) in [5.74, 6) is 0.774. The molecule has 1 aromatic heterocycles. The minimum atomic E-state index is -0.289. The van der Waals surface area contributed by atoms with Crippen molar-refractivity contribution in [1.29, 1.82) is 0 Å². The molecule has 1 amide bonds. The summed E-state index contributed by atoms with van der Waals surface area (Å²) < 4.78 is 24.5. The number of hydrogen-bond donors (Lipinski definition) is 1. The molecule has 0 atom stereocenters. The maximum Gasteiger partial charge on any atom is 0.275 e. The summed E-state index contributed by atoms with van der Waals surface area (Å²) in [6, 6.07) is 20.9. The van der Waals surface area contributed by atoms with Crippen molar-refractivity contribution in [2.75, 3.05) is 12.4 Å². The van der Waals surface area contributed by atoms with Gasteiger partial charge in [-0.1, -0.05) is 18.2 Å². The maximum atomic E-state index is 13.7. The summed E-state index contributed by atoms with van der Waals surface area (Å²) in [4.78, 5) is 16.9. The molecule has 0 bridgehead atoms. The van der Waals surface area contributed by atoms with Crippen molar-refractivity contribution in [3.63, 3.8) is 0 Å². The van der Waals surface area contributed by atoms with Gasteiger partial charge in [0.25, 0.3) is 5.91 Å². The van der Waals surface area contributed by atoms with E-state index in [1.54, 1.807) is 67.1 Å². The van der Waals surface area contributed by atoms with E-state index in [0.717, 1.165) is 16.3 Å². The standard InChI is InChI=1S/C24H19FN2O3S/c1-29-19-12-8-18(9-13-19)26-23(28)22-15-31-24(27-22)16-6-10-20(11-7-16)30-14-17-4-2-3-5-21(17)25/h2-13,15H,14H2,1H3,(H,26,28). The molecule has 0 aliphatic rings. The molecular weight excluding hydrogens is 415 g/mol. The average molecular weight is 434 g/mol. The Morgan fingerprint density at radius 1 is 1.00 bits per heavy atom. The number of ether oxygens (including phenoxy) is 2. The van der Waals surface area contributed by atoms with Gasteiger partial charge < -0.3 is 14.8 Å². The Kier molecular flexibility index (Phi) is 6.24. The number of nitrogens with one attached hydrogen (secondary N) is 1. The Bertz CT molecular complexity index is 1170. The maximum absolute atomic E-state index is 13.7. The molecule has 0 radical (unpaired) electrons. The number of carbonyl (C=O) groups is 1. The minimum absolute atomic E-state index is 0.152. The number of carbonyl (C=O) groups excluding carboxylic acids is 1. The fourth-order valence-electron chi connectivity index (χ4n) is 2.85. The predicted octanol–water partition coefficient (Wildman–Crippen LogP) is 5.79. The van der Waals surface area contributed by atoms with Gasteiger partial charge in [0, 0.05) is 22.2 Å². The van der Waals surface area contributed by atoms with Gasteiger partial charge in [-0.05, 0) is 54.6 Å². The Balaban J connectivity index is 1.39. The van der Waals surface area contributed by atoms with Crippen LogP contribution in [-0.2, 0) is 6.61 Å². The molecule has 0 saturated carbocycles. The lowest BCUT2D eigenvalue weighted by molar-refractivity contribution is 0.102. The number of anilines is 1. The van der Waals surface area contributed by atoms with Gasteiger partial charge in [0.15, 0.2) is 0 Å². The molecule has 0 unspecified atom stereocenters. The molecule has 4 aromatic rings. The average Bonchev–Trinajstić information content (AvgIpc) is 3.30. The SMILES string of the molecule is COc1ccc(NC(=O)c2csc(-c3ccc(OCc4ccccc4F)cc3)n2)cc1. The van der Waals surface area contributed by atoms with Gasteiger partial charge in [-0.25, -0.2) is 9.37 Å². The summed E-state index contributed by atoms with van der Waals surface area (Å²) in [6.07, 6.45) is 0. The van der Waals surface area contributed by atoms with Gasteiger partial charge in [-0.2, -0.15) is 0 Å². The van der Waals surface area contributed by atoms with Gasteiger partial charge in [0.05, 0.1) is 7.11 Å². The molecule has 0 saturated heterocycles. The third kappa shape index (κ3) is 5.07. The zero-order valence-electron chi connectivity index (χ0n) is 16.7. The summed E-state index contributed by atoms with van der Waals surface area (Å²) in [6.45, 7) is 0.152. The first-order valence-electron chi connectivity index (χ1n) is 9.50.